The number of rotatable bonds is 4. The Morgan fingerprint density at radius 3 is 2.50 bits per heavy atom. The summed E-state index contributed by atoms with van der Waals surface area (Å²) in [5.74, 6) is -2.70. The number of ether oxygens (including phenoxy) is 1. The van der Waals surface area contributed by atoms with Gasteiger partial charge in [0.05, 0.1) is 30.3 Å². The number of alkyl halides is 2. The molecule has 0 bridgehead atoms. The number of benzene rings is 1. The molecule has 1 unspecified atom stereocenters. The minimum Gasteiger partial charge on any atom is -0.378 e. The molecule has 1 atom stereocenters. The van der Waals surface area contributed by atoms with Crippen LogP contribution in [-0.4, -0.2) is 59.9 Å². The predicted octanol–water partition coefficient (Wildman–Crippen LogP) is 4.81. The van der Waals surface area contributed by atoms with Crippen molar-refractivity contribution in [2.75, 3.05) is 53.4 Å². The van der Waals surface area contributed by atoms with Crippen LogP contribution >= 0.6 is 23.4 Å². The van der Waals surface area contributed by atoms with Crippen LogP contribution in [0.25, 0.3) is 11.3 Å². The minimum absolute atomic E-state index is 0. The van der Waals surface area contributed by atoms with Gasteiger partial charge in [0.25, 0.3) is 5.92 Å². The number of halogens is 3. The molecule has 2 aromatic rings. The largest absolute Gasteiger partial charge is 0.378 e. The molecule has 2 N–H and O–H groups in total. The number of nitrogens with zero attached hydrogens (tertiary/aromatic N) is 4. The molecular formula is C21H27ClF2N4O3S. The third-order valence-corrected chi connectivity index (χ3v) is 8.15. The molecule has 1 aliphatic carbocycles. The first-order valence-corrected chi connectivity index (χ1v) is 11.8. The number of pyridine rings is 1. The summed E-state index contributed by atoms with van der Waals surface area (Å²) in [5, 5.41) is 0. The van der Waals surface area contributed by atoms with E-state index in [1.807, 2.05) is 31.2 Å². The molecule has 1 aromatic heterocycles. The van der Waals surface area contributed by atoms with Crippen LogP contribution in [0.1, 0.15) is 12.0 Å². The fraction of sp³-hybridized carbons (Fsp3) is 0.476. The van der Waals surface area contributed by atoms with E-state index in [0.717, 1.165) is 35.7 Å². The SMILES string of the molecule is Cc1ccc(N2CCOCC2)nc1-c1ccc2c(c1)N(C)S(O)(O)N2CC1CC1(F)F.Cl. The lowest BCUT2D eigenvalue weighted by molar-refractivity contribution is 0.101. The van der Waals surface area contributed by atoms with Crippen molar-refractivity contribution in [2.45, 2.75) is 19.3 Å². The Labute approximate surface area is 194 Å². The smallest absolute Gasteiger partial charge is 0.253 e. The van der Waals surface area contributed by atoms with Crippen LogP contribution in [0, 0.1) is 12.8 Å². The zero-order chi connectivity index (χ0) is 22.0. The highest BCUT2D eigenvalue weighted by Gasteiger charge is 2.59. The maximum atomic E-state index is 13.5. The molecule has 3 aliphatic rings. The summed E-state index contributed by atoms with van der Waals surface area (Å²) in [6.45, 7) is 4.80. The Bertz CT molecular complexity index is 1020. The fourth-order valence-corrected chi connectivity index (χ4v) is 5.70. The van der Waals surface area contributed by atoms with Crippen molar-refractivity contribution in [3.63, 3.8) is 0 Å². The van der Waals surface area contributed by atoms with Gasteiger partial charge in [0.2, 0.25) is 0 Å². The number of fused-ring (bicyclic) bond motifs is 1. The average molecular weight is 489 g/mol. The molecule has 2 fully saturated rings. The first-order chi connectivity index (χ1) is 14.7. The second kappa shape index (κ2) is 8.18. The van der Waals surface area contributed by atoms with Gasteiger partial charge in [-0.1, -0.05) is 12.1 Å². The van der Waals surface area contributed by atoms with Gasteiger partial charge >= 0.3 is 0 Å². The van der Waals surface area contributed by atoms with Crippen LogP contribution in [-0.2, 0) is 4.74 Å². The van der Waals surface area contributed by atoms with E-state index in [0.29, 0.717) is 24.6 Å². The first kappa shape index (κ1) is 23.3. The summed E-state index contributed by atoms with van der Waals surface area (Å²) in [5.41, 5.74) is 3.80. The van der Waals surface area contributed by atoms with Gasteiger partial charge in [0.15, 0.2) is 0 Å². The van der Waals surface area contributed by atoms with Crippen molar-refractivity contribution in [3.8, 4) is 11.3 Å². The Balaban J connectivity index is 0.00000245. The predicted molar refractivity (Wildman–Crippen MR) is 126 cm³/mol. The lowest BCUT2D eigenvalue weighted by Gasteiger charge is -2.42. The number of hydrogen-bond acceptors (Lipinski definition) is 7. The summed E-state index contributed by atoms with van der Waals surface area (Å²) >= 11 is 0. The normalized spacial score (nSPS) is 24.1. The zero-order valence-corrected chi connectivity index (χ0v) is 19.5. The molecule has 7 nitrogen and oxygen atoms in total. The molecule has 0 radical (unpaired) electrons. The molecule has 0 amide bonds. The van der Waals surface area contributed by atoms with Crippen molar-refractivity contribution in [2.24, 2.45) is 5.92 Å². The van der Waals surface area contributed by atoms with E-state index in [-0.39, 0.29) is 25.4 Å². The van der Waals surface area contributed by atoms with Crippen LogP contribution < -0.4 is 13.5 Å². The van der Waals surface area contributed by atoms with E-state index >= 15 is 0 Å². The summed E-state index contributed by atoms with van der Waals surface area (Å²) in [6, 6.07) is 9.51. The Morgan fingerprint density at radius 1 is 1.16 bits per heavy atom. The standard InChI is InChI=1S/C21H26F2N4O3S.ClH/c1-14-3-6-19(26-7-9-30-10-8-26)24-20(14)15-4-5-17-18(11-15)25(2)31(28,29)27(17)13-16-12-21(16,22)23;/h3-6,11,16,28-29H,7-10,12-13H2,1-2H3;1H. The molecule has 11 heteroatoms. The van der Waals surface area contributed by atoms with Gasteiger partial charge in [-0.3, -0.25) is 17.7 Å². The second-order valence-corrected chi connectivity index (χ2v) is 10.3. The van der Waals surface area contributed by atoms with Crippen molar-refractivity contribution < 1.29 is 22.6 Å². The van der Waals surface area contributed by atoms with Crippen LogP contribution in [0.15, 0.2) is 30.3 Å². The molecule has 32 heavy (non-hydrogen) atoms. The number of aryl methyl sites for hydroxylation is 1. The zero-order valence-electron chi connectivity index (χ0n) is 17.9. The third kappa shape index (κ3) is 3.88. The molecular weight excluding hydrogens is 462 g/mol. The quantitative estimate of drug-likeness (QED) is 0.640. The molecule has 176 valence electrons. The lowest BCUT2D eigenvalue weighted by atomic mass is 10.0. The number of aromatic nitrogens is 1. The van der Waals surface area contributed by atoms with Gasteiger partial charge in [0, 0.05) is 44.6 Å². The van der Waals surface area contributed by atoms with E-state index in [1.165, 1.54) is 8.61 Å². The van der Waals surface area contributed by atoms with E-state index in [9.17, 15) is 17.9 Å². The highest BCUT2D eigenvalue weighted by molar-refractivity contribution is 8.26. The number of anilines is 3. The molecule has 5 rings (SSSR count). The van der Waals surface area contributed by atoms with Crippen molar-refractivity contribution in [1.29, 1.82) is 0 Å². The summed E-state index contributed by atoms with van der Waals surface area (Å²) in [4.78, 5) is 7.05. The lowest BCUT2D eigenvalue weighted by Crippen LogP contribution is -2.36. The first-order valence-electron chi connectivity index (χ1n) is 10.3. The van der Waals surface area contributed by atoms with Gasteiger partial charge < -0.3 is 9.64 Å². The molecule has 1 aromatic carbocycles. The second-order valence-electron chi connectivity index (χ2n) is 8.35. The number of morpholine rings is 1. The van der Waals surface area contributed by atoms with Gasteiger partial charge in [-0.2, -0.15) is 0 Å². The average Bonchev–Trinajstić information content (AvgIpc) is 3.32. The Morgan fingerprint density at radius 2 is 1.84 bits per heavy atom. The molecule has 2 aliphatic heterocycles. The van der Waals surface area contributed by atoms with Crippen LogP contribution in [0.4, 0.5) is 26.0 Å². The third-order valence-electron chi connectivity index (χ3n) is 6.28. The fourth-order valence-electron chi connectivity index (χ4n) is 4.19. The highest BCUT2D eigenvalue weighted by atomic mass is 35.5. The van der Waals surface area contributed by atoms with Crippen molar-refractivity contribution >= 4 is 40.6 Å². The van der Waals surface area contributed by atoms with Crippen molar-refractivity contribution in [1.82, 2.24) is 4.98 Å². The van der Waals surface area contributed by atoms with Gasteiger partial charge in [-0.05, 0) is 41.6 Å². The van der Waals surface area contributed by atoms with Gasteiger partial charge in [0.1, 0.15) is 5.82 Å². The maximum Gasteiger partial charge on any atom is 0.253 e. The van der Waals surface area contributed by atoms with E-state index in [1.54, 1.807) is 13.1 Å². The van der Waals surface area contributed by atoms with E-state index in [4.69, 9.17) is 9.72 Å². The summed E-state index contributed by atoms with van der Waals surface area (Å²) < 4.78 is 56.6. The molecule has 1 saturated carbocycles. The minimum atomic E-state index is -3.37. The monoisotopic (exact) mass is 488 g/mol. The summed E-state index contributed by atoms with van der Waals surface area (Å²) in [6.07, 6.45) is -0.215. The Kier molecular flexibility index (Phi) is 5.96. The van der Waals surface area contributed by atoms with Crippen LogP contribution in [0.5, 0.6) is 0 Å². The van der Waals surface area contributed by atoms with E-state index < -0.39 is 22.8 Å². The van der Waals surface area contributed by atoms with Gasteiger partial charge in [-0.15, -0.1) is 12.4 Å². The van der Waals surface area contributed by atoms with Crippen molar-refractivity contribution in [3.05, 3.63) is 35.9 Å². The highest BCUT2D eigenvalue weighted by Crippen LogP contribution is 2.63. The molecule has 0 spiro atoms. The topological polar surface area (TPSA) is 72.3 Å². The van der Waals surface area contributed by atoms with Crippen LogP contribution in [0.2, 0.25) is 0 Å². The summed E-state index contributed by atoms with van der Waals surface area (Å²) in [7, 11) is -1.80. The molecule has 3 heterocycles. The molecule has 1 saturated heterocycles. The number of hydrogen-bond donors (Lipinski definition) is 2. The van der Waals surface area contributed by atoms with E-state index in [2.05, 4.69) is 4.90 Å². The van der Waals surface area contributed by atoms with Crippen LogP contribution in [0.3, 0.4) is 0 Å². The Hall–Kier alpha value is -1.85. The van der Waals surface area contributed by atoms with Gasteiger partial charge in [-0.25, -0.2) is 13.8 Å². The maximum absolute atomic E-state index is 13.5.